The van der Waals surface area contributed by atoms with Crippen molar-refractivity contribution in [2.24, 2.45) is 0 Å². The molecule has 0 atom stereocenters. The second kappa shape index (κ2) is 7.82. The zero-order valence-electron chi connectivity index (χ0n) is 5.94. The number of ether oxygens (including phenoxy) is 1. The Labute approximate surface area is 63.0 Å². The fourth-order valence-electron chi connectivity index (χ4n) is 0.423. The van der Waals surface area contributed by atoms with Gasteiger partial charge in [0.05, 0.1) is 7.11 Å². The first-order chi connectivity index (χ1) is 3.81. The summed E-state index contributed by atoms with van der Waals surface area (Å²) in [6.45, 7) is 2.04. The van der Waals surface area contributed by atoms with Gasteiger partial charge in [0.25, 0.3) is 0 Å². The number of methoxy groups -OCH3 is 1. The van der Waals surface area contributed by atoms with E-state index in [9.17, 15) is 4.79 Å². The lowest BCUT2D eigenvalue weighted by atomic mass is 10.3. The Kier molecular flexibility index (Phi) is 10.1. The van der Waals surface area contributed by atoms with Crippen LogP contribution in [0.1, 0.15) is 26.2 Å². The summed E-state index contributed by atoms with van der Waals surface area (Å²) in [4.78, 5) is 10.3. The molecule has 0 unspecified atom stereocenters. The van der Waals surface area contributed by atoms with Crippen molar-refractivity contribution in [2.45, 2.75) is 26.2 Å². The third-order valence-electron chi connectivity index (χ3n) is 0.962. The van der Waals surface area contributed by atoms with Crippen molar-refractivity contribution in [3.8, 4) is 0 Å². The number of hydrogen-bond donors (Lipinski definition) is 0. The topological polar surface area (TPSA) is 26.3 Å². The molecule has 0 heterocycles. The number of unbranched alkanes of at least 4 members (excludes halogenated alkanes) is 1. The standard InChI is InChI=1S/C6H12O2.H2S/c1-3-4-5-6(7)8-2;/h3-5H2,1-2H3;1H2. The molecule has 9 heavy (non-hydrogen) atoms. The molecule has 0 aliphatic heterocycles. The van der Waals surface area contributed by atoms with Crippen molar-refractivity contribution in [3.63, 3.8) is 0 Å². The van der Waals surface area contributed by atoms with E-state index in [1.807, 2.05) is 6.92 Å². The summed E-state index contributed by atoms with van der Waals surface area (Å²) in [6.07, 6.45) is 2.55. The molecule has 0 fully saturated rings. The zero-order chi connectivity index (χ0) is 6.41. The second-order valence-corrected chi connectivity index (χ2v) is 1.68. The molecule has 2 nitrogen and oxygen atoms in total. The van der Waals surface area contributed by atoms with E-state index in [0.29, 0.717) is 6.42 Å². The molecule has 0 bridgehead atoms. The maximum absolute atomic E-state index is 10.3. The van der Waals surface area contributed by atoms with Crippen molar-refractivity contribution in [2.75, 3.05) is 7.11 Å². The molecule has 0 spiro atoms. The SMILES string of the molecule is CCCCC(=O)OC.S. The van der Waals surface area contributed by atoms with Gasteiger partial charge in [-0.25, -0.2) is 0 Å². The monoisotopic (exact) mass is 150 g/mol. The Bertz CT molecular complexity index is 73.5. The molecule has 0 saturated heterocycles. The van der Waals surface area contributed by atoms with Gasteiger partial charge in [0, 0.05) is 6.42 Å². The Morgan fingerprint density at radius 3 is 2.44 bits per heavy atom. The zero-order valence-corrected chi connectivity index (χ0v) is 6.94. The Morgan fingerprint density at radius 2 is 2.11 bits per heavy atom. The fraction of sp³-hybridized carbons (Fsp3) is 0.833. The maximum atomic E-state index is 10.3. The van der Waals surface area contributed by atoms with E-state index in [4.69, 9.17) is 0 Å². The molecule has 0 N–H and O–H groups in total. The molecule has 0 saturated carbocycles. The van der Waals surface area contributed by atoms with Crippen LogP contribution in [-0.4, -0.2) is 13.1 Å². The molecule has 0 aliphatic rings. The predicted molar refractivity (Wildman–Crippen MR) is 41.9 cm³/mol. The lowest BCUT2D eigenvalue weighted by molar-refractivity contribution is -0.140. The van der Waals surface area contributed by atoms with E-state index in [-0.39, 0.29) is 19.5 Å². The van der Waals surface area contributed by atoms with E-state index < -0.39 is 0 Å². The van der Waals surface area contributed by atoms with Crippen molar-refractivity contribution in [1.29, 1.82) is 0 Å². The number of esters is 1. The van der Waals surface area contributed by atoms with Crippen LogP contribution in [0.2, 0.25) is 0 Å². The van der Waals surface area contributed by atoms with Crippen LogP contribution in [0.3, 0.4) is 0 Å². The minimum absolute atomic E-state index is 0. The van der Waals surface area contributed by atoms with Gasteiger partial charge < -0.3 is 4.74 Å². The van der Waals surface area contributed by atoms with Crippen LogP contribution in [-0.2, 0) is 9.53 Å². The van der Waals surface area contributed by atoms with Gasteiger partial charge in [-0.2, -0.15) is 13.5 Å². The van der Waals surface area contributed by atoms with Gasteiger partial charge in [-0.3, -0.25) is 4.79 Å². The minimum Gasteiger partial charge on any atom is -0.469 e. The summed E-state index contributed by atoms with van der Waals surface area (Å²) in [5, 5.41) is 0. The molecule has 0 radical (unpaired) electrons. The van der Waals surface area contributed by atoms with E-state index in [0.717, 1.165) is 12.8 Å². The Hall–Kier alpha value is -0.180. The highest BCUT2D eigenvalue weighted by Crippen LogP contribution is 1.94. The molecule has 3 heteroatoms. The Balaban J connectivity index is 0. The van der Waals surface area contributed by atoms with Crippen LogP contribution in [0, 0.1) is 0 Å². The van der Waals surface area contributed by atoms with E-state index in [1.165, 1.54) is 7.11 Å². The number of carbonyl (C=O) groups is 1. The summed E-state index contributed by atoms with van der Waals surface area (Å²) in [6, 6.07) is 0. The highest BCUT2D eigenvalue weighted by atomic mass is 32.1. The minimum atomic E-state index is -0.105. The van der Waals surface area contributed by atoms with Gasteiger partial charge in [0.1, 0.15) is 0 Å². The van der Waals surface area contributed by atoms with Crippen molar-refractivity contribution in [3.05, 3.63) is 0 Å². The summed E-state index contributed by atoms with van der Waals surface area (Å²) >= 11 is 0. The van der Waals surface area contributed by atoms with Crippen LogP contribution in [0.5, 0.6) is 0 Å². The first-order valence-corrected chi connectivity index (χ1v) is 2.88. The van der Waals surface area contributed by atoms with E-state index in [1.54, 1.807) is 0 Å². The third kappa shape index (κ3) is 7.82. The average Bonchev–Trinajstić information content (AvgIpc) is 1.83. The number of rotatable bonds is 3. The van der Waals surface area contributed by atoms with Crippen LogP contribution in [0.4, 0.5) is 0 Å². The highest BCUT2D eigenvalue weighted by Gasteiger charge is 1.95. The first kappa shape index (κ1) is 11.6. The molecule has 0 aromatic carbocycles. The van der Waals surface area contributed by atoms with E-state index in [2.05, 4.69) is 4.74 Å². The molecular formula is C6H14O2S. The molecule has 0 aromatic heterocycles. The highest BCUT2D eigenvalue weighted by molar-refractivity contribution is 7.59. The fourth-order valence-corrected chi connectivity index (χ4v) is 0.423. The maximum Gasteiger partial charge on any atom is 0.305 e. The smallest absolute Gasteiger partial charge is 0.305 e. The van der Waals surface area contributed by atoms with Crippen molar-refractivity contribution >= 4 is 19.5 Å². The number of carbonyl (C=O) groups excluding carboxylic acids is 1. The summed E-state index contributed by atoms with van der Waals surface area (Å²) in [7, 11) is 1.41. The average molecular weight is 150 g/mol. The van der Waals surface area contributed by atoms with Gasteiger partial charge in [0.15, 0.2) is 0 Å². The Morgan fingerprint density at radius 1 is 1.56 bits per heavy atom. The van der Waals surface area contributed by atoms with Crippen molar-refractivity contribution in [1.82, 2.24) is 0 Å². The molecule has 0 rings (SSSR count). The van der Waals surface area contributed by atoms with Crippen LogP contribution in [0.15, 0.2) is 0 Å². The third-order valence-corrected chi connectivity index (χ3v) is 0.962. The van der Waals surface area contributed by atoms with Crippen LogP contribution >= 0.6 is 13.5 Å². The van der Waals surface area contributed by atoms with Gasteiger partial charge in [-0.1, -0.05) is 13.3 Å². The van der Waals surface area contributed by atoms with Crippen molar-refractivity contribution < 1.29 is 9.53 Å². The molecule has 0 amide bonds. The lowest BCUT2D eigenvalue weighted by Crippen LogP contribution is -1.98. The first-order valence-electron chi connectivity index (χ1n) is 2.88. The quantitative estimate of drug-likeness (QED) is 0.569. The van der Waals surface area contributed by atoms with Gasteiger partial charge in [-0.05, 0) is 6.42 Å². The number of hydrogen-bond acceptors (Lipinski definition) is 2. The molecule has 0 aliphatic carbocycles. The molecular weight excluding hydrogens is 136 g/mol. The summed E-state index contributed by atoms with van der Waals surface area (Å²) in [5.41, 5.74) is 0. The summed E-state index contributed by atoms with van der Waals surface area (Å²) in [5.74, 6) is -0.105. The van der Waals surface area contributed by atoms with Gasteiger partial charge in [0.2, 0.25) is 0 Å². The summed E-state index contributed by atoms with van der Waals surface area (Å²) < 4.78 is 4.41. The van der Waals surface area contributed by atoms with Gasteiger partial charge in [-0.15, -0.1) is 0 Å². The lowest BCUT2D eigenvalue weighted by Gasteiger charge is -1.93. The van der Waals surface area contributed by atoms with Crippen LogP contribution in [0.25, 0.3) is 0 Å². The second-order valence-electron chi connectivity index (χ2n) is 1.68. The normalized spacial score (nSPS) is 7.78. The predicted octanol–water partition coefficient (Wildman–Crippen LogP) is 1.46. The molecule has 0 aromatic rings. The van der Waals surface area contributed by atoms with Crippen LogP contribution < -0.4 is 0 Å². The molecule has 56 valence electrons. The van der Waals surface area contributed by atoms with E-state index >= 15 is 0 Å². The largest absolute Gasteiger partial charge is 0.469 e. The van der Waals surface area contributed by atoms with Gasteiger partial charge >= 0.3 is 5.97 Å².